The van der Waals surface area contributed by atoms with E-state index in [-0.39, 0.29) is 5.56 Å². The smallest absolute Gasteiger partial charge is 0.258 e. The number of piperazine rings is 1. The lowest BCUT2D eigenvalue weighted by Crippen LogP contribution is -3.27. The first kappa shape index (κ1) is 17.7. The van der Waals surface area contributed by atoms with Gasteiger partial charge in [0.1, 0.15) is 50.6 Å². The van der Waals surface area contributed by atoms with Crippen LogP contribution in [0.5, 0.6) is 0 Å². The van der Waals surface area contributed by atoms with Crippen LogP contribution in [-0.4, -0.2) is 35.6 Å². The van der Waals surface area contributed by atoms with Crippen molar-refractivity contribution in [3.63, 3.8) is 0 Å². The summed E-state index contributed by atoms with van der Waals surface area (Å²) in [5, 5.41) is 0. The van der Waals surface area contributed by atoms with Crippen LogP contribution in [0.2, 0.25) is 4.34 Å². The van der Waals surface area contributed by atoms with E-state index in [0.29, 0.717) is 0 Å². The van der Waals surface area contributed by atoms with Gasteiger partial charge >= 0.3 is 0 Å². The zero-order valence-electron chi connectivity index (χ0n) is 14.8. The number of hydrogen-bond acceptors (Lipinski definition) is 3. The predicted octanol–water partition coefficient (Wildman–Crippen LogP) is 0.201. The number of thiophene rings is 1. The molecule has 3 aromatic rings. The second-order valence-electron chi connectivity index (χ2n) is 7.03. The van der Waals surface area contributed by atoms with E-state index in [9.17, 15) is 4.79 Å². The molecule has 1 saturated heterocycles. The van der Waals surface area contributed by atoms with E-state index in [2.05, 4.69) is 6.07 Å². The summed E-state index contributed by atoms with van der Waals surface area (Å²) in [6, 6.07) is 9.69. The summed E-state index contributed by atoms with van der Waals surface area (Å²) in [6.07, 6.45) is 1.78. The maximum atomic E-state index is 12.4. The zero-order chi connectivity index (χ0) is 18.1. The summed E-state index contributed by atoms with van der Waals surface area (Å²) in [4.78, 5) is 21.6. The monoisotopic (exact) mass is 390 g/mol. The van der Waals surface area contributed by atoms with E-state index in [1.54, 1.807) is 32.9 Å². The summed E-state index contributed by atoms with van der Waals surface area (Å²) in [5.41, 5.74) is 2.71. The highest BCUT2D eigenvalue weighted by Crippen LogP contribution is 2.20. The van der Waals surface area contributed by atoms with Crippen LogP contribution in [0.15, 0.2) is 41.3 Å². The fourth-order valence-corrected chi connectivity index (χ4v) is 4.82. The van der Waals surface area contributed by atoms with E-state index < -0.39 is 0 Å². The summed E-state index contributed by atoms with van der Waals surface area (Å²) in [6.45, 7) is 8.34. The largest absolute Gasteiger partial charge is 0.321 e. The maximum Gasteiger partial charge on any atom is 0.258 e. The summed E-state index contributed by atoms with van der Waals surface area (Å²) in [5.74, 6) is 0. The van der Waals surface area contributed by atoms with E-state index in [0.717, 1.165) is 60.5 Å². The molecule has 0 aromatic carbocycles. The van der Waals surface area contributed by atoms with Crippen molar-refractivity contribution < 1.29 is 9.80 Å². The molecular formula is C19H23ClN4OS+2. The Balaban J connectivity index is 1.40. The molecule has 0 saturated carbocycles. The van der Waals surface area contributed by atoms with Crippen LogP contribution in [-0.2, 0) is 13.1 Å². The minimum atomic E-state index is 0.00642. The molecule has 0 spiro atoms. The van der Waals surface area contributed by atoms with Crippen molar-refractivity contribution in [1.82, 2.24) is 9.38 Å². The standard InChI is InChI=1S/C19H21ClN4OS/c1-14-3-2-6-24-18(25)11-15(21-19(14)24)12-22-7-9-23(10-8-22)13-16-4-5-17(20)26-16/h2-6,11H,7-10,12-13H2,1H3/p+2. The molecular weight excluding hydrogens is 368 g/mol. The Morgan fingerprint density at radius 1 is 1.15 bits per heavy atom. The molecule has 3 aromatic heterocycles. The van der Waals surface area contributed by atoms with Gasteiger partial charge in [-0.05, 0) is 30.7 Å². The van der Waals surface area contributed by atoms with Crippen LogP contribution in [0.4, 0.5) is 0 Å². The molecule has 7 heteroatoms. The number of hydrogen-bond donors (Lipinski definition) is 2. The fraction of sp³-hybridized carbons (Fsp3) is 0.368. The number of aromatic nitrogens is 2. The van der Waals surface area contributed by atoms with Gasteiger partial charge in [0.25, 0.3) is 5.56 Å². The van der Waals surface area contributed by atoms with Gasteiger partial charge in [-0.1, -0.05) is 17.7 Å². The summed E-state index contributed by atoms with van der Waals surface area (Å²) >= 11 is 7.71. The van der Waals surface area contributed by atoms with E-state index in [1.807, 2.05) is 25.1 Å². The zero-order valence-corrected chi connectivity index (χ0v) is 16.4. The summed E-state index contributed by atoms with van der Waals surface area (Å²) < 4.78 is 2.50. The average molecular weight is 391 g/mol. The number of pyridine rings is 1. The third-order valence-corrected chi connectivity index (χ3v) is 6.32. The van der Waals surface area contributed by atoms with Gasteiger partial charge in [0.2, 0.25) is 0 Å². The molecule has 0 atom stereocenters. The van der Waals surface area contributed by atoms with Crippen LogP contribution in [0.3, 0.4) is 0 Å². The number of halogens is 1. The maximum absolute atomic E-state index is 12.4. The highest BCUT2D eigenvalue weighted by Gasteiger charge is 2.24. The molecule has 136 valence electrons. The lowest BCUT2D eigenvalue weighted by atomic mass is 10.2. The van der Waals surface area contributed by atoms with Crippen LogP contribution < -0.4 is 15.4 Å². The number of quaternary nitrogens is 2. The fourth-order valence-electron chi connectivity index (χ4n) is 3.66. The van der Waals surface area contributed by atoms with Crippen molar-refractivity contribution in [3.8, 4) is 0 Å². The van der Waals surface area contributed by atoms with Crippen molar-refractivity contribution in [2.75, 3.05) is 26.2 Å². The van der Waals surface area contributed by atoms with E-state index in [1.165, 1.54) is 9.78 Å². The predicted molar refractivity (Wildman–Crippen MR) is 104 cm³/mol. The SMILES string of the molecule is Cc1cccn2c(=O)cc(C[NH+]3CC[NH+](Cc4ccc(Cl)s4)CC3)nc12. The Labute approximate surface area is 161 Å². The Hall–Kier alpha value is -1.73. The number of nitrogens with zero attached hydrogens (tertiary/aromatic N) is 2. The molecule has 2 N–H and O–H groups in total. The number of rotatable bonds is 4. The van der Waals surface area contributed by atoms with Gasteiger partial charge in [-0.15, -0.1) is 11.3 Å². The van der Waals surface area contributed by atoms with Gasteiger partial charge in [-0.3, -0.25) is 9.20 Å². The lowest BCUT2D eigenvalue weighted by Gasteiger charge is -2.29. The molecule has 1 aliphatic heterocycles. The molecule has 4 heterocycles. The summed E-state index contributed by atoms with van der Waals surface area (Å²) in [7, 11) is 0. The number of nitrogens with one attached hydrogen (secondary N) is 2. The van der Waals surface area contributed by atoms with Crippen LogP contribution >= 0.6 is 22.9 Å². The highest BCUT2D eigenvalue weighted by molar-refractivity contribution is 7.16. The number of fused-ring (bicyclic) bond motifs is 1. The van der Waals surface area contributed by atoms with Crippen molar-refractivity contribution in [3.05, 3.63) is 67.4 Å². The van der Waals surface area contributed by atoms with Crippen LogP contribution in [0.25, 0.3) is 5.65 Å². The first-order chi connectivity index (χ1) is 12.6. The van der Waals surface area contributed by atoms with E-state index >= 15 is 0 Å². The van der Waals surface area contributed by atoms with Crippen molar-refractivity contribution in [1.29, 1.82) is 0 Å². The Morgan fingerprint density at radius 3 is 2.58 bits per heavy atom. The Kier molecular flexibility index (Phi) is 5.09. The molecule has 1 aliphatic rings. The van der Waals surface area contributed by atoms with Crippen LogP contribution in [0, 0.1) is 6.92 Å². The molecule has 0 radical (unpaired) electrons. The Morgan fingerprint density at radius 2 is 1.88 bits per heavy atom. The average Bonchev–Trinajstić information content (AvgIpc) is 3.03. The molecule has 1 fully saturated rings. The van der Waals surface area contributed by atoms with Gasteiger partial charge in [-0.2, -0.15) is 0 Å². The van der Waals surface area contributed by atoms with Gasteiger partial charge < -0.3 is 9.80 Å². The molecule has 4 rings (SSSR count). The second kappa shape index (κ2) is 7.48. The van der Waals surface area contributed by atoms with Gasteiger partial charge in [-0.25, -0.2) is 4.98 Å². The molecule has 0 aliphatic carbocycles. The molecule has 26 heavy (non-hydrogen) atoms. The normalized spacial score (nSPS) is 20.5. The van der Waals surface area contributed by atoms with Gasteiger partial charge in [0.05, 0.1) is 9.21 Å². The highest BCUT2D eigenvalue weighted by atomic mass is 35.5. The number of aryl methyl sites for hydroxylation is 1. The minimum Gasteiger partial charge on any atom is -0.321 e. The van der Waals surface area contributed by atoms with Crippen molar-refractivity contribution >= 4 is 28.6 Å². The Bertz CT molecular complexity index is 975. The first-order valence-corrected chi connectivity index (χ1v) is 10.2. The third-order valence-electron chi connectivity index (χ3n) is 5.09. The molecule has 0 unspecified atom stereocenters. The lowest BCUT2D eigenvalue weighted by molar-refractivity contribution is -1.02. The molecule has 0 amide bonds. The van der Waals surface area contributed by atoms with Gasteiger partial charge in [0, 0.05) is 12.3 Å². The topological polar surface area (TPSA) is 43.2 Å². The minimum absolute atomic E-state index is 0.00642. The molecule has 5 nitrogen and oxygen atoms in total. The van der Waals surface area contributed by atoms with Crippen LogP contribution in [0.1, 0.15) is 16.1 Å². The van der Waals surface area contributed by atoms with Crippen molar-refractivity contribution in [2.45, 2.75) is 20.0 Å². The van der Waals surface area contributed by atoms with E-state index in [4.69, 9.17) is 16.6 Å². The first-order valence-electron chi connectivity index (χ1n) is 8.98. The quantitative estimate of drug-likeness (QED) is 0.668. The molecule has 0 bridgehead atoms. The van der Waals surface area contributed by atoms with Gasteiger partial charge in [0.15, 0.2) is 0 Å². The second-order valence-corrected chi connectivity index (χ2v) is 8.83. The third kappa shape index (κ3) is 3.83. The van der Waals surface area contributed by atoms with Crippen molar-refractivity contribution in [2.24, 2.45) is 0 Å².